The van der Waals surface area contributed by atoms with E-state index in [0.29, 0.717) is 11.4 Å². The zero-order valence-corrected chi connectivity index (χ0v) is 20.2. The third-order valence-corrected chi connectivity index (χ3v) is 4.45. The molecule has 1 unspecified atom stereocenters. The summed E-state index contributed by atoms with van der Waals surface area (Å²) in [5, 5.41) is 7.28. The molecule has 0 aliphatic rings. The Balaban J connectivity index is 1.97. The number of benzene rings is 2. The molecule has 2 aromatic rings. The molecule has 0 bridgehead atoms. The van der Waals surface area contributed by atoms with Gasteiger partial charge in [-0.25, -0.2) is 9.59 Å². The van der Waals surface area contributed by atoms with Crippen molar-refractivity contribution in [1.82, 2.24) is 10.6 Å². The lowest BCUT2D eigenvalue weighted by Gasteiger charge is -2.15. The molecule has 0 saturated carbocycles. The van der Waals surface area contributed by atoms with E-state index >= 15 is 0 Å². The Bertz CT molecular complexity index is 1070. The number of carbonyl (C=O) groups is 4. The maximum Gasteiger partial charge on any atom is 0.339 e. The van der Waals surface area contributed by atoms with Crippen LogP contribution in [0.2, 0.25) is 0 Å². The van der Waals surface area contributed by atoms with Gasteiger partial charge in [-0.15, -0.1) is 0 Å². The molecule has 2 aromatic carbocycles. The number of rotatable bonds is 10. The van der Waals surface area contributed by atoms with Gasteiger partial charge in [-0.2, -0.15) is 0 Å². The van der Waals surface area contributed by atoms with Crippen LogP contribution in [0.25, 0.3) is 0 Å². The van der Waals surface area contributed by atoms with E-state index in [1.165, 1.54) is 39.3 Å². The predicted octanol–water partition coefficient (Wildman–Crippen LogP) is 2.50. The summed E-state index contributed by atoms with van der Waals surface area (Å²) in [6, 6.07) is 10.3. The molecule has 0 heterocycles. The monoisotopic (exact) mass is 487 g/mol. The van der Waals surface area contributed by atoms with Crippen LogP contribution in [0.5, 0.6) is 17.2 Å². The van der Waals surface area contributed by atoms with Crippen molar-refractivity contribution in [2.75, 3.05) is 26.1 Å². The SMILES string of the molecule is COc1ccccc1NC(=O)COc1ccc(C(=O)OC(C)C(=O)NC(=O)NC(C)C)cc1OC. The zero-order chi connectivity index (χ0) is 26.0. The second-order valence-electron chi connectivity index (χ2n) is 7.57. The number of urea groups is 1. The fraction of sp³-hybridized carbons (Fsp3) is 0.333. The molecular formula is C24H29N3O8. The molecule has 0 spiro atoms. The van der Waals surface area contributed by atoms with Crippen molar-refractivity contribution < 1.29 is 38.1 Å². The summed E-state index contributed by atoms with van der Waals surface area (Å²) in [6.07, 6.45) is -1.22. The molecular weight excluding hydrogens is 458 g/mol. The standard InChI is InChI=1S/C24H29N3O8/c1-14(2)25-24(31)27-22(29)15(3)35-23(30)16-10-11-19(20(12-16)33-5)34-13-21(28)26-17-8-6-7-9-18(17)32-4/h6-12,14-15H,13H2,1-5H3,(H,26,28)(H2,25,27,29,31). The molecule has 0 aromatic heterocycles. The summed E-state index contributed by atoms with van der Waals surface area (Å²) >= 11 is 0. The first-order valence-corrected chi connectivity index (χ1v) is 10.7. The van der Waals surface area contributed by atoms with Gasteiger partial charge in [-0.1, -0.05) is 12.1 Å². The van der Waals surface area contributed by atoms with E-state index in [1.54, 1.807) is 38.1 Å². The smallest absolute Gasteiger partial charge is 0.339 e. The Hall–Kier alpha value is -4.28. The van der Waals surface area contributed by atoms with E-state index in [4.69, 9.17) is 18.9 Å². The number of hydrogen-bond acceptors (Lipinski definition) is 8. The molecule has 11 nitrogen and oxygen atoms in total. The van der Waals surface area contributed by atoms with Gasteiger partial charge in [0.25, 0.3) is 11.8 Å². The number of anilines is 1. The highest BCUT2D eigenvalue weighted by molar-refractivity contribution is 5.98. The molecule has 3 N–H and O–H groups in total. The predicted molar refractivity (Wildman–Crippen MR) is 127 cm³/mol. The first kappa shape index (κ1) is 27.0. The number of carbonyl (C=O) groups excluding carboxylic acids is 4. The van der Waals surface area contributed by atoms with Crippen LogP contribution in [0.4, 0.5) is 10.5 Å². The summed E-state index contributed by atoms with van der Waals surface area (Å²) < 4.78 is 21.1. The molecule has 188 valence electrons. The Kier molecular flexibility index (Phi) is 9.88. The van der Waals surface area contributed by atoms with Crippen molar-refractivity contribution >= 4 is 29.5 Å². The summed E-state index contributed by atoms with van der Waals surface area (Å²) in [4.78, 5) is 48.4. The number of esters is 1. The quantitative estimate of drug-likeness (QED) is 0.434. The van der Waals surface area contributed by atoms with Crippen molar-refractivity contribution in [3.8, 4) is 17.2 Å². The van der Waals surface area contributed by atoms with E-state index in [-0.39, 0.29) is 29.7 Å². The highest BCUT2D eigenvalue weighted by atomic mass is 16.5. The van der Waals surface area contributed by atoms with Crippen LogP contribution < -0.4 is 30.2 Å². The maximum absolute atomic E-state index is 12.5. The van der Waals surface area contributed by atoms with Gasteiger partial charge in [0.05, 0.1) is 25.5 Å². The van der Waals surface area contributed by atoms with Crippen molar-refractivity contribution in [1.29, 1.82) is 0 Å². The van der Waals surface area contributed by atoms with Crippen LogP contribution in [0, 0.1) is 0 Å². The average Bonchev–Trinajstić information content (AvgIpc) is 2.82. The molecule has 35 heavy (non-hydrogen) atoms. The van der Waals surface area contributed by atoms with E-state index in [9.17, 15) is 19.2 Å². The van der Waals surface area contributed by atoms with Crippen LogP contribution in [-0.4, -0.2) is 56.8 Å². The number of ether oxygens (including phenoxy) is 4. The van der Waals surface area contributed by atoms with Gasteiger partial charge in [-0.3, -0.25) is 14.9 Å². The van der Waals surface area contributed by atoms with E-state index in [2.05, 4.69) is 16.0 Å². The highest BCUT2D eigenvalue weighted by Gasteiger charge is 2.22. The molecule has 0 fully saturated rings. The fourth-order valence-electron chi connectivity index (χ4n) is 2.79. The summed E-state index contributed by atoms with van der Waals surface area (Å²) in [7, 11) is 2.87. The fourth-order valence-corrected chi connectivity index (χ4v) is 2.79. The summed E-state index contributed by atoms with van der Waals surface area (Å²) in [6.45, 7) is 4.49. The van der Waals surface area contributed by atoms with Gasteiger partial charge in [-0.05, 0) is 51.1 Å². The lowest BCUT2D eigenvalue weighted by Crippen LogP contribution is -2.46. The lowest BCUT2D eigenvalue weighted by molar-refractivity contribution is -0.128. The minimum Gasteiger partial charge on any atom is -0.495 e. The zero-order valence-electron chi connectivity index (χ0n) is 20.2. The molecule has 0 radical (unpaired) electrons. The van der Waals surface area contributed by atoms with Crippen LogP contribution in [0.15, 0.2) is 42.5 Å². The van der Waals surface area contributed by atoms with E-state index in [0.717, 1.165) is 0 Å². The average molecular weight is 488 g/mol. The number of imide groups is 1. The van der Waals surface area contributed by atoms with E-state index < -0.39 is 29.9 Å². The summed E-state index contributed by atoms with van der Waals surface area (Å²) in [5.74, 6) is -1.11. The lowest BCUT2D eigenvalue weighted by atomic mass is 10.2. The molecule has 0 aliphatic heterocycles. The van der Waals surface area contributed by atoms with Crippen LogP contribution >= 0.6 is 0 Å². The van der Waals surface area contributed by atoms with Crippen LogP contribution in [0.3, 0.4) is 0 Å². The van der Waals surface area contributed by atoms with Crippen molar-refractivity contribution in [3.05, 3.63) is 48.0 Å². The van der Waals surface area contributed by atoms with Gasteiger partial charge in [0.15, 0.2) is 24.2 Å². The minimum atomic E-state index is -1.22. The summed E-state index contributed by atoms with van der Waals surface area (Å²) in [5.41, 5.74) is 0.576. The Morgan fingerprint density at radius 1 is 0.886 bits per heavy atom. The highest BCUT2D eigenvalue weighted by Crippen LogP contribution is 2.29. The number of hydrogen-bond donors (Lipinski definition) is 3. The third kappa shape index (κ3) is 8.22. The minimum absolute atomic E-state index is 0.0824. The van der Waals surface area contributed by atoms with Gasteiger partial charge < -0.3 is 29.6 Å². The largest absolute Gasteiger partial charge is 0.495 e. The normalized spacial score (nSPS) is 11.1. The molecule has 0 saturated heterocycles. The second-order valence-corrected chi connectivity index (χ2v) is 7.57. The Morgan fingerprint density at radius 3 is 2.23 bits per heavy atom. The number of methoxy groups -OCH3 is 2. The maximum atomic E-state index is 12.5. The van der Waals surface area contributed by atoms with Gasteiger partial charge in [0, 0.05) is 6.04 Å². The van der Waals surface area contributed by atoms with Crippen molar-refractivity contribution in [2.45, 2.75) is 32.9 Å². The second kappa shape index (κ2) is 12.8. The Morgan fingerprint density at radius 2 is 1.57 bits per heavy atom. The van der Waals surface area contributed by atoms with Gasteiger partial charge in [0.2, 0.25) is 0 Å². The van der Waals surface area contributed by atoms with Crippen LogP contribution in [-0.2, 0) is 14.3 Å². The first-order valence-electron chi connectivity index (χ1n) is 10.7. The third-order valence-electron chi connectivity index (χ3n) is 4.45. The number of nitrogens with one attached hydrogen (secondary N) is 3. The molecule has 2 rings (SSSR count). The number of para-hydroxylation sites is 2. The Labute approximate surface area is 203 Å². The molecule has 4 amide bonds. The van der Waals surface area contributed by atoms with Crippen molar-refractivity contribution in [2.24, 2.45) is 0 Å². The van der Waals surface area contributed by atoms with Gasteiger partial charge >= 0.3 is 12.0 Å². The topological polar surface area (TPSA) is 141 Å². The molecule has 0 aliphatic carbocycles. The molecule has 11 heteroatoms. The first-order chi connectivity index (χ1) is 16.6. The van der Waals surface area contributed by atoms with Crippen LogP contribution in [0.1, 0.15) is 31.1 Å². The molecule has 1 atom stereocenters. The number of amides is 4. The van der Waals surface area contributed by atoms with Gasteiger partial charge in [0.1, 0.15) is 5.75 Å². The van der Waals surface area contributed by atoms with E-state index in [1.807, 2.05) is 0 Å². The van der Waals surface area contributed by atoms with Crippen molar-refractivity contribution in [3.63, 3.8) is 0 Å².